The summed E-state index contributed by atoms with van der Waals surface area (Å²) in [7, 11) is 0. The van der Waals surface area contributed by atoms with Crippen LogP contribution in [0.3, 0.4) is 0 Å². The van der Waals surface area contributed by atoms with Gasteiger partial charge in [-0.2, -0.15) is 0 Å². The van der Waals surface area contributed by atoms with Crippen LogP contribution in [0.15, 0.2) is 24.3 Å². The first-order valence-corrected chi connectivity index (χ1v) is 11.3. The number of anilines is 1. The molecule has 1 unspecified atom stereocenters. The van der Waals surface area contributed by atoms with Crippen LogP contribution in [0.2, 0.25) is 5.02 Å². The molecule has 0 spiro atoms. The summed E-state index contributed by atoms with van der Waals surface area (Å²) < 4.78 is -1.76. The zero-order chi connectivity index (χ0) is 21.0. The van der Waals surface area contributed by atoms with Crippen LogP contribution in [0.5, 0.6) is 0 Å². The Morgan fingerprint density at radius 2 is 1.57 bits per heavy atom. The smallest absolute Gasteiger partial charge is 0.228 e. The molecule has 0 fully saturated rings. The summed E-state index contributed by atoms with van der Waals surface area (Å²) in [5, 5.41) is 9.32. The number of rotatable bonds is 11. The Morgan fingerprint density at radius 3 is 2.14 bits per heavy atom. The molecule has 1 aromatic rings. The molecule has 0 heterocycles. The number of unbranched alkanes of at least 4 members (excludes halogenated alkanes) is 6. The van der Waals surface area contributed by atoms with E-state index in [4.69, 9.17) is 58.6 Å². The molecule has 0 aromatic heterocycles. The fourth-order valence-corrected chi connectivity index (χ4v) is 3.20. The quantitative estimate of drug-likeness (QED) is 0.143. The first-order valence-electron chi connectivity index (χ1n) is 9.41. The van der Waals surface area contributed by atoms with Crippen LogP contribution in [0.25, 0.3) is 0 Å². The molecule has 0 saturated carbocycles. The molecule has 1 aromatic carbocycles. The van der Waals surface area contributed by atoms with E-state index in [2.05, 4.69) is 22.9 Å². The summed E-state index contributed by atoms with van der Waals surface area (Å²) in [6.07, 6.45) is 7.32. The summed E-state index contributed by atoms with van der Waals surface area (Å²) in [5.74, 6) is -0.188. The van der Waals surface area contributed by atoms with Gasteiger partial charge in [0.1, 0.15) is 6.17 Å². The molecular weight excluding hydrogens is 460 g/mol. The Kier molecular flexibility index (Phi) is 12.5. The first kappa shape index (κ1) is 25.6. The van der Waals surface area contributed by atoms with E-state index in [9.17, 15) is 4.79 Å². The van der Waals surface area contributed by atoms with Gasteiger partial charge >= 0.3 is 0 Å². The third-order valence-electron chi connectivity index (χ3n) is 4.02. The van der Waals surface area contributed by atoms with Crippen LogP contribution in [0, 0.1) is 0 Å². The fraction of sp³-hybridized carbons (Fsp3) is 0.579. The number of hydrogen-bond acceptors (Lipinski definition) is 2. The van der Waals surface area contributed by atoms with Crippen molar-refractivity contribution in [3.8, 4) is 0 Å². The molecule has 9 heteroatoms. The van der Waals surface area contributed by atoms with Gasteiger partial charge in [0.2, 0.25) is 9.70 Å². The van der Waals surface area contributed by atoms with Crippen molar-refractivity contribution < 1.29 is 4.79 Å². The summed E-state index contributed by atoms with van der Waals surface area (Å²) in [4.78, 5) is 12.2. The molecule has 0 radical (unpaired) electrons. The molecule has 0 bridgehead atoms. The van der Waals surface area contributed by atoms with Crippen LogP contribution in [0.4, 0.5) is 5.69 Å². The van der Waals surface area contributed by atoms with Crippen molar-refractivity contribution in [2.24, 2.45) is 0 Å². The van der Waals surface area contributed by atoms with Crippen molar-refractivity contribution in [1.29, 1.82) is 0 Å². The van der Waals surface area contributed by atoms with Gasteiger partial charge in [-0.1, -0.05) is 91.9 Å². The molecule has 0 saturated heterocycles. The van der Waals surface area contributed by atoms with Crippen LogP contribution >= 0.6 is 58.6 Å². The number of carbonyl (C=O) groups is 1. The molecule has 0 aliphatic carbocycles. The minimum Gasteiger partial charge on any atom is -0.339 e. The number of hydrogen-bond donors (Lipinski definition) is 3. The van der Waals surface area contributed by atoms with E-state index in [1.807, 2.05) is 0 Å². The number of nitrogens with one attached hydrogen (secondary N) is 3. The molecule has 1 amide bonds. The first-order chi connectivity index (χ1) is 13.2. The third kappa shape index (κ3) is 11.5. The predicted octanol–water partition coefficient (Wildman–Crippen LogP) is 6.58. The molecule has 1 rings (SSSR count). The van der Waals surface area contributed by atoms with Gasteiger partial charge in [-0.05, 0) is 42.9 Å². The lowest BCUT2D eigenvalue weighted by Gasteiger charge is -2.27. The van der Waals surface area contributed by atoms with Gasteiger partial charge in [0, 0.05) is 17.1 Å². The minimum atomic E-state index is -1.76. The molecular formula is C19H27Cl4N3OS. The average Bonchev–Trinajstić information content (AvgIpc) is 2.61. The predicted molar refractivity (Wildman–Crippen MR) is 126 cm³/mol. The van der Waals surface area contributed by atoms with E-state index in [0.29, 0.717) is 11.4 Å². The molecule has 28 heavy (non-hydrogen) atoms. The second-order valence-electron chi connectivity index (χ2n) is 6.52. The van der Waals surface area contributed by atoms with E-state index >= 15 is 0 Å². The second-order valence-corrected chi connectivity index (χ2v) is 9.73. The maximum atomic E-state index is 12.2. The summed E-state index contributed by atoms with van der Waals surface area (Å²) in [6.45, 7) is 2.19. The number of halogens is 4. The minimum absolute atomic E-state index is 0.188. The highest BCUT2D eigenvalue weighted by Gasteiger charge is 2.34. The Morgan fingerprint density at radius 1 is 1.00 bits per heavy atom. The molecule has 0 aliphatic heterocycles. The summed E-state index contributed by atoms with van der Waals surface area (Å²) in [5.41, 5.74) is 0.722. The van der Waals surface area contributed by atoms with E-state index in [1.165, 1.54) is 25.7 Å². The van der Waals surface area contributed by atoms with E-state index in [-0.39, 0.29) is 11.0 Å². The highest BCUT2D eigenvalue weighted by atomic mass is 35.6. The number of carbonyl (C=O) groups excluding carboxylic acids is 1. The highest BCUT2D eigenvalue weighted by Crippen LogP contribution is 2.29. The van der Waals surface area contributed by atoms with Gasteiger partial charge in [0.15, 0.2) is 5.11 Å². The van der Waals surface area contributed by atoms with Crippen molar-refractivity contribution in [1.82, 2.24) is 10.6 Å². The standard InChI is InChI=1S/C19H27Cl4N3OS/c1-2-3-4-5-6-7-8-9-16(27)25-17(19(21,22)23)26-18(28)24-15-12-10-14(20)11-13-15/h10-13,17H,2-9H2,1H3,(H,25,27)(H2,24,26,28). The van der Waals surface area contributed by atoms with E-state index in [1.54, 1.807) is 24.3 Å². The van der Waals surface area contributed by atoms with Gasteiger partial charge in [-0.3, -0.25) is 4.79 Å². The lowest BCUT2D eigenvalue weighted by Crippen LogP contribution is -2.56. The zero-order valence-corrected chi connectivity index (χ0v) is 19.7. The van der Waals surface area contributed by atoms with Gasteiger partial charge < -0.3 is 16.0 Å². The van der Waals surface area contributed by atoms with Gasteiger partial charge in [-0.15, -0.1) is 0 Å². The lowest BCUT2D eigenvalue weighted by molar-refractivity contribution is -0.122. The Labute approximate surface area is 193 Å². The van der Waals surface area contributed by atoms with Crippen LogP contribution in [-0.4, -0.2) is 21.0 Å². The Hall–Kier alpha value is -0.460. The topological polar surface area (TPSA) is 53.2 Å². The summed E-state index contributed by atoms with van der Waals surface area (Å²) in [6, 6.07) is 6.98. The van der Waals surface area contributed by atoms with Crippen LogP contribution in [0.1, 0.15) is 58.3 Å². The van der Waals surface area contributed by atoms with Gasteiger partial charge in [0.25, 0.3) is 0 Å². The van der Waals surface area contributed by atoms with Crippen molar-refractivity contribution in [3.63, 3.8) is 0 Å². The monoisotopic (exact) mass is 485 g/mol. The summed E-state index contributed by atoms with van der Waals surface area (Å²) >= 11 is 29.1. The normalized spacial score (nSPS) is 12.3. The largest absolute Gasteiger partial charge is 0.339 e. The average molecular weight is 487 g/mol. The zero-order valence-electron chi connectivity index (χ0n) is 15.9. The maximum absolute atomic E-state index is 12.2. The van der Waals surface area contributed by atoms with Crippen LogP contribution < -0.4 is 16.0 Å². The Bertz CT molecular complexity index is 608. The van der Waals surface area contributed by atoms with Gasteiger partial charge in [-0.25, -0.2) is 0 Å². The number of amides is 1. The van der Waals surface area contributed by atoms with Crippen molar-refractivity contribution in [2.45, 2.75) is 68.2 Å². The molecule has 0 aliphatic rings. The number of thiocarbonyl (C=S) groups is 1. The van der Waals surface area contributed by atoms with Crippen molar-refractivity contribution in [2.75, 3.05) is 5.32 Å². The van der Waals surface area contributed by atoms with E-state index in [0.717, 1.165) is 24.9 Å². The molecule has 4 nitrogen and oxygen atoms in total. The molecule has 158 valence electrons. The second kappa shape index (κ2) is 13.7. The maximum Gasteiger partial charge on any atom is 0.228 e. The van der Waals surface area contributed by atoms with Crippen molar-refractivity contribution in [3.05, 3.63) is 29.3 Å². The SMILES string of the molecule is CCCCCCCCCC(=O)NC(NC(=S)Nc1ccc(Cl)cc1)C(Cl)(Cl)Cl. The van der Waals surface area contributed by atoms with Crippen molar-refractivity contribution >= 4 is 75.3 Å². The highest BCUT2D eigenvalue weighted by molar-refractivity contribution is 7.80. The fourth-order valence-electron chi connectivity index (χ4n) is 2.51. The molecule has 3 N–H and O–H groups in total. The lowest BCUT2D eigenvalue weighted by atomic mass is 10.1. The number of alkyl halides is 3. The Balaban J connectivity index is 2.42. The van der Waals surface area contributed by atoms with Crippen LogP contribution in [-0.2, 0) is 4.79 Å². The van der Waals surface area contributed by atoms with E-state index < -0.39 is 9.96 Å². The van der Waals surface area contributed by atoms with Gasteiger partial charge in [0.05, 0.1) is 0 Å². The molecule has 1 atom stereocenters. The number of benzene rings is 1. The third-order valence-corrected chi connectivity index (χ3v) is 5.14.